The minimum Gasteiger partial charge on any atom is -0.493 e. The minimum atomic E-state index is -4.58. The minimum absolute atomic E-state index is 0.0132. The van der Waals surface area contributed by atoms with Gasteiger partial charge in [0.1, 0.15) is 5.75 Å². The molecule has 0 fully saturated rings. The van der Waals surface area contributed by atoms with Crippen molar-refractivity contribution in [1.82, 2.24) is 0 Å². The van der Waals surface area contributed by atoms with Gasteiger partial charge in [0, 0.05) is 11.1 Å². The zero-order chi connectivity index (χ0) is 19.6. The Morgan fingerprint density at radius 3 is 1.96 bits per heavy atom. The number of rotatable bonds is 4. The Balaban J connectivity index is 3.93. The second-order valence-corrected chi connectivity index (χ2v) is 8.13. The van der Waals surface area contributed by atoms with E-state index in [1.807, 2.05) is 47.6 Å². The molecule has 0 amide bonds. The molecule has 1 rings (SSSR count). The fraction of sp³-hybridized carbons (Fsp3) is 0.600. The standard InChI is InChI=1S/C20H29F3O2/c1-8-25-17-14(15(9-10-24)20(21,22)23)11-13(18(2,3)4)12-16(17)19(5,6)7/h9,11-12,24H,8,10H2,1-7H3. The summed E-state index contributed by atoms with van der Waals surface area (Å²) in [5, 5.41) is 9.12. The number of aliphatic hydroxyl groups excluding tert-OH is 1. The van der Waals surface area contributed by atoms with Gasteiger partial charge < -0.3 is 9.84 Å². The number of allylic oxidation sites excluding steroid dienone is 1. The van der Waals surface area contributed by atoms with Crippen LogP contribution in [-0.2, 0) is 10.8 Å². The monoisotopic (exact) mass is 358 g/mol. The number of aliphatic hydroxyl groups is 1. The highest BCUT2D eigenvalue weighted by Crippen LogP contribution is 2.45. The van der Waals surface area contributed by atoms with Gasteiger partial charge in [-0.15, -0.1) is 0 Å². The van der Waals surface area contributed by atoms with Crippen LogP contribution in [0.15, 0.2) is 18.2 Å². The first-order valence-corrected chi connectivity index (χ1v) is 8.43. The average Bonchev–Trinajstić information content (AvgIpc) is 2.41. The number of benzene rings is 1. The Hall–Kier alpha value is -1.49. The van der Waals surface area contributed by atoms with Crippen molar-refractivity contribution in [2.75, 3.05) is 13.2 Å². The molecule has 0 bridgehead atoms. The smallest absolute Gasteiger partial charge is 0.416 e. The van der Waals surface area contributed by atoms with Gasteiger partial charge in [-0.05, 0) is 35.5 Å². The van der Waals surface area contributed by atoms with Crippen LogP contribution in [0.4, 0.5) is 13.2 Å². The quantitative estimate of drug-likeness (QED) is 0.757. The highest BCUT2D eigenvalue weighted by Gasteiger charge is 2.38. The van der Waals surface area contributed by atoms with E-state index in [0.29, 0.717) is 0 Å². The van der Waals surface area contributed by atoms with Crippen LogP contribution in [-0.4, -0.2) is 24.5 Å². The van der Waals surface area contributed by atoms with Crippen LogP contribution >= 0.6 is 0 Å². The Bertz CT molecular complexity index is 630. The number of alkyl halides is 3. The van der Waals surface area contributed by atoms with Crippen LogP contribution in [0, 0.1) is 0 Å². The molecule has 0 radical (unpaired) electrons. The molecular weight excluding hydrogens is 329 g/mol. The number of halogens is 3. The lowest BCUT2D eigenvalue weighted by atomic mass is 9.78. The third kappa shape index (κ3) is 5.24. The van der Waals surface area contributed by atoms with E-state index in [1.54, 1.807) is 6.92 Å². The van der Waals surface area contributed by atoms with Gasteiger partial charge in [-0.2, -0.15) is 13.2 Å². The van der Waals surface area contributed by atoms with Gasteiger partial charge in [-0.3, -0.25) is 0 Å². The molecule has 1 aromatic rings. The zero-order valence-corrected chi connectivity index (χ0v) is 16.1. The Morgan fingerprint density at radius 2 is 1.60 bits per heavy atom. The van der Waals surface area contributed by atoms with Gasteiger partial charge >= 0.3 is 6.18 Å². The normalized spacial score (nSPS) is 14.0. The highest BCUT2D eigenvalue weighted by molar-refractivity contribution is 5.76. The Kier molecular flexibility index (Phi) is 6.38. The summed E-state index contributed by atoms with van der Waals surface area (Å²) in [6, 6.07) is 3.47. The van der Waals surface area contributed by atoms with Crippen LogP contribution in [0.2, 0.25) is 0 Å². The van der Waals surface area contributed by atoms with E-state index in [4.69, 9.17) is 9.84 Å². The predicted molar refractivity (Wildman–Crippen MR) is 96.1 cm³/mol. The lowest BCUT2D eigenvalue weighted by Gasteiger charge is -2.30. The molecule has 0 aliphatic carbocycles. The molecule has 5 heteroatoms. The summed E-state index contributed by atoms with van der Waals surface area (Å²) in [5.41, 5.74) is -0.0732. The van der Waals surface area contributed by atoms with Crippen molar-refractivity contribution < 1.29 is 23.0 Å². The van der Waals surface area contributed by atoms with Crippen molar-refractivity contribution in [1.29, 1.82) is 0 Å². The van der Waals surface area contributed by atoms with Crippen molar-refractivity contribution in [3.8, 4) is 5.75 Å². The van der Waals surface area contributed by atoms with Crippen molar-refractivity contribution in [2.24, 2.45) is 0 Å². The molecule has 0 saturated carbocycles. The number of hydrogen-bond acceptors (Lipinski definition) is 2. The van der Waals surface area contributed by atoms with Crippen LogP contribution in [0.5, 0.6) is 5.75 Å². The van der Waals surface area contributed by atoms with E-state index in [1.165, 1.54) is 6.07 Å². The maximum absolute atomic E-state index is 13.6. The first kappa shape index (κ1) is 21.6. The maximum Gasteiger partial charge on any atom is 0.416 e. The molecule has 0 aliphatic heterocycles. The Labute approximate surface area is 148 Å². The topological polar surface area (TPSA) is 29.5 Å². The molecule has 0 unspecified atom stereocenters. The fourth-order valence-electron chi connectivity index (χ4n) is 2.59. The van der Waals surface area contributed by atoms with Crippen molar-refractivity contribution >= 4 is 5.57 Å². The van der Waals surface area contributed by atoms with Crippen LogP contribution in [0.1, 0.15) is 65.2 Å². The van der Waals surface area contributed by atoms with E-state index in [0.717, 1.165) is 17.2 Å². The molecule has 142 valence electrons. The molecule has 1 aromatic carbocycles. The molecule has 25 heavy (non-hydrogen) atoms. The van der Waals surface area contributed by atoms with Gasteiger partial charge in [0.25, 0.3) is 0 Å². The molecule has 0 aliphatic rings. The molecule has 0 saturated heterocycles. The summed E-state index contributed by atoms with van der Waals surface area (Å²) in [7, 11) is 0. The van der Waals surface area contributed by atoms with Crippen molar-refractivity contribution in [2.45, 2.75) is 65.5 Å². The summed E-state index contributed by atoms with van der Waals surface area (Å²) in [5.74, 6) is 0.236. The summed E-state index contributed by atoms with van der Waals surface area (Å²) in [6.45, 7) is 13.0. The summed E-state index contributed by atoms with van der Waals surface area (Å²) >= 11 is 0. The van der Waals surface area contributed by atoms with Gasteiger partial charge in [0.15, 0.2) is 0 Å². The molecule has 1 N–H and O–H groups in total. The van der Waals surface area contributed by atoms with E-state index in [2.05, 4.69) is 0 Å². The van der Waals surface area contributed by atoms with E-state index >= 15 is 0 Å². The second-order valence-electron chi connectivity index (χ2n) is 8.13. The largest absolute Gasteiger partial charge is 0.493 e. The van der Waals surface area contributed by atoms with Crippen molar-refractivity contribution in [3.05, 3.63) is 34.9 Å². The first-order chi connectivity index (χ1) is 11.2. The van der Waals surface area contributed by atoms with Gasteiger partial charge in [0.05, 0.1) is 18.8 Å². The molecule has 0 heterocycles. The number of hydrogen-bond donors (Lipinski definition) is 1. The van der Waals surface area contributed by atoms with Gasteiger partial charge in [-0.1, -0.05) is 47.6 Å². The lowest BCUT2D eigenvalue weighted by molar-refractivity contribution is -0.0693. The van der Waals surface area contributed by atoms with Gasteiger partial charge in [-0.25, -0.2) is 0 Å². The Morgan fingerprint density at radius 1 is 1.04 bits per heavy atom. The van der Waals surface area contributed by atoms with Crippen molar-refractivity contribution in [3.63, 3.8) is 0 Å². The predicted octanol–water partition coefficient (Wildman–Crippen LogP) is 5.62. The van der Waals surface area contributed by atoms with E-state index in [9.17, 15) is 13.2 Å². The molecule has 0 atom stereocenters. The van der Waals surface area contributed by atoms with E-state index < -0.39 is 23.8 Å². The lowest BCUT2D eigenvalue weighted by Crippen LogP contribution is -2.21. The third-order valence-corrected chi connectivity index (χ3v) is 3.94. The van der Waals surface area contributed by atoms with E-state index in [-0.39, 0.29) is 23.3 Å². The number of ether oxygens (including phenoxy) is 1. The molecule has 2 nitrogen and oxygen atoms in total. The zero-order valence-electron chi connectivity index (χ0n) is 16.1. The highest BCUT2D eigenvalue weighted by atomic mass is 19.4. The molecule has 0 aromatic heterocycles. The van der Waals surface area contributed by atoms with Crippen LogP contribution in [0.3, 0.4) is 0 Å². The summed E-state index contributed by atoms with van der Waals surface area (Å²) in [6.07, 6.45) is -3.78. The first-order valence-electron chi connectivity index (χ1n) is 8.43. The molecular formula is C20H29F3O2. The van der Waals surface area contributed by atoms with Crippen LogP contribution in [0.25, 0.3) is 5.57 Å². The summed E-state index contributed by atoms with van der Waals surface area (Å²) < 4.78 is 46.6. The fourth-order valence-corrected chi connectivity index (χ4v) is 2.59. The second kappa shape index (κ2) is 7.40. The third-order valence-electron chi connectivity index (χ3n) is 3.94. The SMILES string of the molecule is CCOc1c(C(=CCO)C(F)(F)F)cc(C(C)(C)C)cc1C(C)(C)C. The summed E-state index contributed by atoms with van der Waals surface area (Å²) in [4.78, 5) is 0. The average molecular weight is 358 g/mol. The van der Waals surface area contributed by atoms with Crippen LogP contribution < -0.4 is 4.74 Å². The van der Waals surface area contributed by atoms with Gasteiger partial charge in [0.2, 0.25) is 0 Å². The molecule has 0 spiro atoms. The maximum atomic E-state index is 13.6.